The summed E-state index contributed by atoms with van der Waals surface area (Å²) >= 11 is 1.23. The zero-order valence-electron chi connectivity index (χ0n) is 33.2. The molecule has 1 saturated carbocycles. The van der Waals surface area contributed by atoms with E-state index in [0.717, 1.165) is 19.3 Å². The number of carboxylic acid groups (broad SMARTS) is 1. The van der Waals surface area contributed by atoms with Gasteiger partial charge in [0.05, 0.1) is 18.7 Å². The Kier molecular flexibility index (Phi) is 13.8. The van der Waals surface area contributed by atoms with Gasteiger partial charge in [0.15, 0.2) is 8.02 Å². The molecule has 5 atom stereocenters. The number of amides is 4. The highest BCUT2D eigenvalue weighted by Crippen LogP contribution is 2.46. The fourth-order valence-electron chi connectivity index (χ4n) is 6.66. The smallest absolute Gasteiger partial charge is 0.326 e. The Morgan fingerprint density at radius 3 is 2.18 bits per heavy atom. The van der Waals surface area contributed by atoms with Gasteiger partial charge in [0, 0.05) is 12.8 Å². The van der Waals surface area contributed by atoms with Gasteiger partial charge < -0.3 is 35.8 Å². The second-order valence-corrected chi connectivity index (χ2v) is 15.4. The molecule has 0 aromatic heterocycles. The summed E-state index contributed by atoms with van der Waals surface area (Å²) in [5.41, 5.74) is 1.67. The first-order valence-electron chi connectivity index (χ1n) is 19.5. The fraction of sp³-hybridized carbons (Fsp3) is 0.439. The minimum atomic E-state index is -1.46. The van der Waals surface area contributed by atoms with Crippen molar-refractivity contribution in [3.63, 3.8) is 0 Å². The topological polar surface area (TPSA) is 174 Å². The van der Waals surface area contributed by atoms with Crippen molar-refractivity contribution in [1.29, 1.82) is 0 Å². The Morgan fingerprint density at radius 2 is 1.57 bits per heavy atom. The second-order valence-electron chi connectivity index (χ2n) is 14.2. The van der Waals surface area contributed by atoms with Crippen LogP contribution in [0, 0.1) is 23.4 Å². The summed E-state index contributed by atoms with van der Waals surface area (Å²) in [5, 5.41) is 24.9. The highest BCUT2D eigenvalue weighted by molar-refractivity contribution is 8.00. The van der Waals surface area contributed by atoms with E-state index >= 15 is 0 Å². The number of carbonyl (C=O) groups excluding carboxylic acids is 4. The Balaban J connectivity index is 1.19. The maximum Gasteiger partial charge on any atom is 0.326 e. The Hall–Kier alpha value is -5.02. The van der Waals surface area contributed by atoms with Crippen LogP contribution in [0.25, 0.3) is 0 Å². The molecule has 3 aromatic rings. The number of nitrogens with zero attached hydrogens (tertiary/aromatic N) is 1. The number of β-lactam (4-membered cyclic amide) rings is 1. The molecule has 5 N–H and O–H groups in total. The number of hydrogen-bond donors (Lipinski definition) is 5. The standard InChI is InChI=1S/C41H48F2N4O8S/c1-24(2)36(41(53)54)46-39(51)32(20-25-6-4-3-5-7-25)45-34(49)21-44-35(50)22-55-31-18-10-27(11-19-31)37-38(40(52)47(37)30-16-14-29(43)15-17-30)56-23-33(48)26-8-12-28(42)13-9-26/h8-19,24-25,32-33,36-38,48H,3-7,20-23H2,1-2H3,(H,44,50)(H,45,49)(H,46,51)(H,53,54)/t32-,33-,36-,37+,38+/m0/s1/i25D/hD. The van der Waals surface area contributed by atoms with Crippen LogP contribution in [0.5, 0.6) is 5.75 Å². The third-order valence-corrected chi connectivity index (χ3v) is 11.1. The number of carboxylic acids is 1. The Bertz CT molecular complexity index is 1920. The van der Waals surface area contributed by atoms with E-state index in [1.165, 1.54) is 65.2 Å². The molecule has 0 bridgehead atoms. The van der Waals surface area contributed by atoms with Gasteiger partial charge in [-0.1, -0.05) is 70.2 Å². The monoisotopic (exact) mass is 796 g/mol. The lowest BCUT2D eigenvalue weighted by molar-refractivity contribution is -0.143. The zero-order valence-corrected chi connectivity index (χ0v) is 32.0. The van der Waals surface area contributed by atoms with E-state index in [4.69, 9.17) is 7.52 Å². The van der Waals surface area contributed by atoms with Crippen LogP contribution in [-0.4, -0.2) is 76.0 Å². The van der Waals surface area contributed by atoms with Gasteiger partial charge in [0.1, 0.15) is 34.7 Å². The van der Waals surface area contributed by atoms with Crippen LogP contribution in [-0.2, 0) is 24.0 Å². The quantitative estimate of drug-likeness (QED) is 0.110. The third kappa shape index (κ3) is 11.3. The van der Waals surface area contributed by atoms with Crippen LogP contribution in [0.1, 0.15) is 77.0 Å². The molecular weight excluding hydrogens is 747 g/mol. The van der Waals surface area contributed by atoms with E-state index in [0.29, 0.717) is 35.0 Å². The van der Waals surface area contributed by atoms with Crippen molar-refractivity contribution in [3.8, 4) is 5.75 Å². The largest absolute Gasteiger partial charge is 0.484 e. The van der Waals surface area contributed by atoms with Gasteiger partial charge in [-0.3, -0.25) is 19.2 Å². The molecule has 3 aromatic carbocycles. The van der Waals surface area contributed by atoms with Gasteiger partial charge >= 0.3 is 5.97 Å². The molecule has 300 valence electrons. The van der Waals surface area contributed by atoms with Crippen LogP contribution in [0.2, 0.25) is 1.41 Å². The summed E-state index contributed by atoms with van der Waals surface area (Å²) in [6.45, 7) is 2.05. The molecule has 56 heavy (non-hydrogen) atoms. The zero-order chi connectivity index (χ0) is 42.1. The maximum atomic E-state index is 13.7. The minimum Gasteiger partial charge on any atom is -0.484 e. The maximum absolute atomic E-state index is 13.7. The predicted molar refractivity (Wildman–Crippen MR) is 207 cm³/mol. The Labute approximate surface area is 331 Å². The van der Waals surface area contributed by atoms with E-state index in [-0.39, 0.29) is 23.8 Å². The normalized spacial score (nSPS) is 19.8. The van der Waals surface area contributed by atoms with Gasteiger partial charge in [-0.25, -0.2) is 13.6 Å². The molecule has 1 saturated heterocycles. The average Bonchev–Trinajstić information content (AvgIpc) is 3.20. The van der Waals surface area contributed by atoms with Gasteiger partial charge in [-0.15, -0.1) is 11.8 Å². The highest BCUT2D eigenvalue weighted by Gasteiger charge is 2.49. The summed E-state index contributed by atoms with van der Waals surface area (Å²) < 4.78 is 50.2. The molecule has 1 heterocycles. The lowest BCUT2D eigenvalue weighted by Crippen LogP contribution is -2.57. The van der Waals surface area contributed by atoms with E-state index in [2.05, 4.69) is 10.6 Å². The summed E-state index contributed by atoms with van der Waals surface area (Å²) in [7, 11) is 0. The van der Waals surface area contributed by atoms with Crippen LogP contribution in [0.3, 0.4) is 0 Å². The molecule has 0 spiro atoms. The van der Waals surface area contributed by atoms with Gasteiger partial charge in [0.2, 0.25) is 17.7 Å². The van der Waals surface area contributed by atoms with Crippen LogP contribution >= 0.6 is 11.8 Å². The molecule has 1 aliphatic carbocycles. The van der Waals surface area contributed by atoms with E-state index in [1.807, 2.05) is 0 Å². The number of hydrogen-bond acceptors (Lipinski definition) is 8. The first-order chi connectivity index (χ1) is 27.6. The number of aliphatic hydroxyl groups excluding tert-OH is 1. The first kappa shape index (κ1) is 39.2. The Morgan fingerprint density at radius 1 is 0.946 bits per heavy atom. The lowest BCUT2D eigenvalue weighted by Gasteiger charge is -2.47. The van der Waals surface area contributed by atoms with Crippen molar-refractivity contribution < 1.29 is 50.5 Å². The van der Waals surface area contributed by atoms with Crippen molar-refractivity contribution >= 4 is 47.0 Å². The van der Waals surface area contributed by atoms with Gasteiger partial charge in [-0.2, -0.15) is 0 Å². The number of carbonyl (C=O) groups is 5. The van der Waals surface area contributed by atoms with Crippen molar-refractivity contribution in [2.45, 2.75) is 81.9 Å². The molecule has 4 amide bonds. The molecule has 5 rings (SSSR count). The van der Waals surface area contributed by atoms with Crippen molar-refractivity contribution in [3.05, 3.63) is 95.6 Å². The third-order valence-electron chi connectivity index (χ3n) is 9.74. The molecule has 15 heteroatoms. The first-order valence-corrected chi connectivity index (χ1v) is 19.6. The molecule has 2 fully saturated rings. The molecule has 12 nitrogen and oxygen atoms in total. The number of nitrogens with one attached hydrogen (secondary N) is 3. The van der Waals surface area contributed by atoms with E-state index in [1.54, 1.807) is 38.1 Å². The molecule has 0 unspecified atom stereocenters. The average molecular weight is 797 g/mol. The summed E-state index contributed by atoms with van der Waals surface area (Å²) in [6.07, 6.45) is 2.25. The van der Waals surface area contributed by atoms with Crippen LogP contribution < -0.4 is 25.6 Å². The van der Waals surface area contributed by atoms with Crippen molar-refractivity contribution in [2.24, 2.45) is 11.8 Å². The summed E-state index contributed by atoms with van der Waals surface area (Å²) in [4.78, 5) is 65.9. The van der Waals surface area contributed by atoms with Gasteiger partial charge in [0.25, 0.3) is 5.91 Å². The number of anilines is 1. The number of rotatable bonds is 18. The van der Waals surface area contributed by atoms with E-state index in [9.17, 15) is 43.0 Å². The fourth-order valence-corrected chi connectivity index (χ4v) is 7.96. The summed E-state index contributed by atoms with van der Waals surface area (Å²) in [6, 6.07) is 14.3. The lowest BCUT2D eigenvalue weighted by atomic mass is 9.84. The predicted octanol–water partition coefficient (Wildman–Crippen LogP) is 5.06. The number of aliphatic hydroxyl groups is 1. The molecule has 1 aliphatic heterocycles. The SMILES string of the molecule is [2H]N(C(=O)CNC(=O)COc1ccc([C@@H]2[C@@H](SC[C@H](O)c3ccc(F)cc3)C(=O)N2c2ccc(F)cc2)cc1)[C@@H](CC1([2H])CCCCC1)C(=O)N[C@H](C(=O)O)C(C)C. The molecular formula is C41H48F2N4O8S. The second kappa shape index (κ2) is 19.7. The van der Waals surface area contributed by atoms with Crippen molar-refractivity contribution in [2.75, 3.05) is 23.8 Å². The summed E-state index contributed by atoms with van der Waals surface area (Å²) in [5.74, 6) is -6.05. The van der Waals surface area contributed by atoms with E-state index < -0.39 is 89.8 Å². The van der Waals surface area contributed by atoms with Crippen LogP contribution in [0.15, 0.2) is 72.8 Å². The molecule has 0 radical (unpaired) electrons. The number of halogens is 2. The van der Waals surface area contributed by atoms with Gasteiger partial charge in [-0.05, 0) is 77.9 Å². The number of benzene rings is 3. The highest BCUT2D eigenvalue weighted by atomic mass is 32.2. The van der Waals surface area contributed by atoms with Crippen molar-refractivity contribution in [1.82, 2.24) is 15.9 Å². The van der Waals surface area contributed by atoms with Crippen LogP contribution in [0.4, 0.5) is 14.5 Å². The number of ether oxygens (including phenoxy) is 1. The number of aliphatic carboxylic acids is 1. The minimum absolute atomic E-state index is 0.148. The molecule has 2 aliphatic rings. The number of thioether (sulfide) groups is 1.